The van der Waals surface area contributed by atoms with Gasteiger partial charge in [-0.1, -0.05) is 35.9 Å². The smallest absolute Gasteiger partial charge is 0.251 e. The normalized spacial score (nSPS) is 15.6. The topological polar surface area (TPSA) is 69.7 Å². The van der Waals surface area contributed by atoms with Crippen molar-refractivity contribution in [3.63, 3.8) is 0 Å². The number of hydrogen-bond donors (Lipinski definition) is 1. The van der Waals surface area contributed by atoms with E-state index in [1.54, 1.807) is 23.0 Å². The van der Waals surface area contributed by atoms with Gasteiger partial charge in [-0.05, 0) is 42.3 Å². The molecule has 9 heteroatoms. The average molecular weight is 496 g/mol. The Balaban J connectivity index is 1.41. The maximum Gasteiger partial charge on any atom is 0.251 e. The first-order valence-electron chi connectivity index (χ1n) is 10.8. The first-order chi connectivity index (χ1) is 15.4. The summed E-state index contributed by atoms with van der Waals surface area (Å²) < 4.78 is 25.6. The molecule has 0 atom stereocenters. The minimum absolute atomic E-state index is 0.0749. The van der Waals surface area contributed by atoms with Crippen molar-refractivity contribution in [3.8, 4) is 0 Å². The molecule has 1 N–H and O–H groups in total. The molecule has 1 saturated heterocycles. The molecule has 1 aliphatic heterocycles. The van der Waals surface area contributed by atoms with E-state index in [0.29, 0.717) is 44.8 Å². The monoisotopic (exact) mass is 495 g/mol. The van der Waals surface area contributed by atoms with Crippen LogP contribution in [0.2, 0.25) is 5.02 Å². The maximum atomic E-state index is 12.5. The Labute approximate surface area is 200 Å². The zero-order valence-electron chi connectivity index (χ0n) is 18.3. The van der Waals surface area contributed by atoms with Crippen LogP contribution in [0, 0.1) is 0 Å². The molecule has 0 spiro atoms. The van der Waals surface area contributed by atoms with Gasteiger partial charge in [-0.3, -0.25) is 9.69 Å². The van der Waals surface area contributed by atoms with Crippen LogP contribution in [0.4, 0.5) is 0 Å². The second kappa shape index (κ2) is 12.0. The molecule has 32 heavy (non-hydrogen) atoms. The van der Waals surface area contributed by atoms with E-state index in [2.05, 4.69) is 10.2 Å². The quantitative estimate of drug-likeness (QED) is 0.511. The van der Waals surface area contributed by atoms with E-state index in [0.717, 1.165) is 22.1 Å². The van der Waals surface area contributed by atoms with Crippen molar-refractivity contribution in [1.29, 1.82) is 0 Å². The van der Waals surface area contributed by atoms with Gasteiger partial charge in [0.2, 0.25) is 10.0 Å². The van der Waals surface area contributed by atoms with E-state index in [9.17, 15) is 13.2 Å². The summed E-state index contributed by atoms with van der Waals surface area (Å²) in [7, 11) is -3.12. The lowest BCUT2D eigenvalue weighted by atomic mass is 10.1. The number of hydrogen-bond acceptors (Lipinski definition) is 5. The predicted octanol–water partition coefficient (Wildman–Crippen LogP) is 3.47. The highest BCUT2D eigenvalue weighted by atomic mass is 35.5. The van der Waals surface area contributed by atoms with E-state index >= 15 is 0 Å². The first kappa shape index (κ1) is 25.1. The van der Waals surface area contributed by atoms with Crippen LogP contribution >= 0.6 is 23.4 Å². The summed E-state index contributed by atoms with van der Waals surface area (Å²) in [6, 6.07) is 15.5. The van der Waals surface area contributed by atoms with Gasteiger partial charge in [-0.15, -0.1) is 0 Å². The van der Waals surface area contributed by atoms with E-state index in [1.807, 2.05) is 48.5 Å². The molecule has 0 aliphatic carbocycles. The third kappa shape index (κ3) is 7.49. The summed E-state index contributed by atoms with van der Waals surface area (Å²) in [6.45, 7) is 5.40. The molecule has 0 bridgehead atoms. The van der Waals surface area contributed by atoms with Gasteiger partial charge >= 0.3 is 0 Å². The van der Waals surface area contributed by atoms with Crippen LogP contribution in [0.3, 0.4) is 0 Å². The highest BCUT2D eigenvalue weighted by Gasteiger charge is 2.25. The molecule has 3 rings (SSSR count). The SMILES string of the molecule is CCS(=O)(=O)N1CCN(Cc2cccc(C(=O)NCCSCc3cccc(Cl)c3)c2)CC1. The lowest BCUT2D eigenvalue weighted by molar-refractivity contribution is 0.0956. The zero-order valence-corrected chi connectivity index (χ0v) is 20.7. The Bertz CT molecular complexity index is 1010. The number of amides is 1. The molecule has 0 radical (unpaired) electrons. The largest absolute Gasteiger partial charge is 0.351 e. The summed E-state index contributed by atoms with van der Waals surface area (Å²) in [4.78, 5) is 14.8. The number of nitrogens with one attached hydrogen (secondary N) is 1. The van der Waals surface area contributed by atoms with E-state index in [1.165, 1.54) is 5.56 Å². The summed E-state index contributed by atoms with van der Waals surface area (Å²) in [5.74, 6) is 1.75. The molecule has 1 amide bonds. The Morgan fingerprint density at radius 2 is 1.78 bits per heavy atom. The fraction of sp³-hybridized carbons (Fsp3) is 0.435. The van der Waals surface area contributed by atoms with Crippen LogP contribution in [0.1, 0.15) is 28.4 Å². The molecule has 6 nitrogen and oxygen atoms in total. The number of thioether (sulfide) groups is 1. The molecule has 2 aromatic carbocycles. The molecular formula is C23H30ClN3O3S2. The maximum absolute atomic E-state index is 12.5. The lowest BCUT2D eigenvalue weighted by Crippen LogP contribution is -2.48. The fourth-order valence-electron chi connectivity index (χ4n) is 3.57. The van der Waals surface area contributed by atoms with Gasteiger partial charge in [-0.2, -0.15) is 16.1 Å². The van der Waals surface area contributed by atoms with Crippen molar-refractivity contribution in [2.24, 2.45) is 0 Å². The van der Waals surface area contributed by atoms with Gasteiger partial charge in [-0.25, -0.2) is 8.42 Å². The summed E-state index contributed by atoms with van der Waals surface area (Å²) in [5.41, 5.74) is 2.88. The standard InChI is InChI=1S/C23H30ClN3O3S2/c1-2-32(29,30)27-12-10-26(11-13-27)17-19-5-3-7-21(15-19)23(28)25-9-14-31-18-20-6-4-8-22(24)16-20/h3-8,15-16H,2,9-14,17-18H2,1H3,(H,25,28). The number of piperazine rings is 1. The number of sulfonamides is 1. The van der Waals surface area contributed by atoms with Gasteiger partial charge in [0.05, 0.1) is 5.75 Å². The molecule has 1 aliphatic rings. The van der Waals surface area contributed by atoms with Crippen molar-refractivity contribution >= 4 is 39.3 Å². The van der Waals surface area contributed by atoms with Crippen LogP contribution in [-0.4, -0.2) is 67.8 Å². The van der Waals surface area contributed by atoms with Crippen molar-refractivity contribution in [3.05, 3.63) is 70.2 Å². The van der Waals surface area contributed by atoms with Crippen LogP contribution < -0.4 is 5.32 Å². The second-order valence-corrected chi connectivity index (χ2v) is 11.5. The molecule has 174 valence electrons. The number of carbonyl (C=O) groups excluding carboxylic acids is 1. The van der Waals surface area contributed by atoms with Gasteiger partial charge in [0.25, 0.3) is 5.91 Å². The Morgan fingerprint density at radius 3 is 2.50 bits per heavy atom. The van der Waals surface area contributed by atoms with E-state index in [-0.39, 0.29) is 11.7 Å². The number of rotatable bonds is 10. The van der Waals surface area contributed by atoms with E-state index in [4.69, 9.17) is 11.6 Å². The van der Waals surface area contributed by atoms with Gasteiger partial charge < -0.3 is 5.32 Å². The van der Waals surface area contributed by atoms with E-state index < -0.39 is 10.0 Å². The number of halogens is 1. The summed E-state index contributed by atoms with van der Waals surface area (Å²) >= 11 is 7.76. The number of carbonyl (C=O) groups is 1. The van der Waals surface area contributed by atoms with Crippen molar-refractivity contribution in [2.45, 2.75) is 19.2 Å². The number of benzene rings is 2. The van der Waals surface area contributed by atoms with Crippen molar-refractivity contribution < 1.29 is 13.2 Å². The molecule has 2 aromatic rings. The number of nitrogens with zero attached hydrogens (tertiary/aromatic N) is 2. The Hall–Kier alpha value is -1.58. The Kier molecular flexibility index (Phi) is 9.43. The zero-order chi connectivity index (χ0) is 23.0. The molecule has 0 saturated carbocycles. The highest BCUT2D eigenvalue weighted by Crippen LogP contribution is 2.16. The van der Waals surface area contributed by atoms with Crippen LogP contribution in [0.5, 0.6) is 0 Å². The highest BCUT2D eigenvalue weighted by molar-refractivity contribution is 7.98. The minimum atomic E-state index is -3.12. The first-order valence-corrected chi connectivity index (χ1v) is 13.9. The van der Waals surface area contributed by atoms with Crippen LogP contribution in [0.15, 0.2) is 48.5 Å². The summed E-state index contributed by atoms with van der Waals surface area (Å²) in [5, 5.41) is 3.72. The molecule has 0 aromatic heterocycles. The predicted molar refractivity (Wildman–Crippen MR) is 133 cm³/mol. The average Bonchev–Trinajstić information content (AvgIpc) is 2.79. The third-order valence-electron chi connectivity index (χ3n) is 5.37. The Morgan fingerprint density at radius 1 is 1.06 bits per heavy atom. The molecule has 0 unspecified atom stereocenters. The molecular weight excluding hydrogens is 466 g/mol. The van der Waals surface area contributed by atoms with Gasteiger partial charge in [0, 0.05) is 61.4 Å². The summed E-state index contributed by atoms with van der Waals surface area (Å²) in [6.07, 6.45) is 0. The van der Waals surface area contributed by atoms with Crippen LogP contribution in [-0.2, 0) is 22.3 Å². The van der Waals surface area contributed by atoms with Gasteiger partial charge in [0.15, 0.2) is 0 Å². The fourth-order valence-corrected chi connectivity index (χ4v) is 5.68. The minimum Gasteiger partial charge on any atom is -0.351 e. The third-order valence-corrected chi connectivity index (χ3v) is 8.52. The molecule has 1 heterocycles. The lowest BCUT2D eigenvalue weighted by Gasteiger charge is -2.33. The molecule has 1 fully saturated rings. The van der Waals surface area contributed by atoms with Crippen LogP contribution in [0.25, 0.3) is 0 Å². The second-order valence-electron chi connectivity index (χ2n) is 7.71. The van der Waals surface area contributed by atoms with Gasteiger partial charge in [0.1, 0.15) is 0 Å². The van der Waals surface area contributed by atoms with Crippen molar-refractivity contribution in [1.82, 2.24) is 14.5 Å². The van der Waals surface area contributed by atoms with Crippen molar-refractivity contribution in [2.75, 3.05) is 44.2 Å².